The van der Waals surface area contributed by atoms with Gasteiger partial charge in [-0.25, -0.2) is 14.0 Å². The van der Waals surface area contributed by atoms with Crippen LogP contribution in [0.15, 0.2) is 24.3 Å². The standard InChI is InChI=1S/C17H23FN2O5/c1-10(14(21)19-16(23)20-17(3,4)5)25-15(22)11(2)24-13-8-6-12(18)7-9-13/h6-11H,1-5H3,(H2,19,20,21,23)/t10-,11+/m0/s1. The minimum atomic E-state index is -1.18. The first-order chi connectivity index (χ1) is 11.5. The van der Waals surface area contributed by atoms with Gasteiger partial charge in [-0.15, -0.1) is 0 Å². The summed E-state index contributed by atoms with van der Waals surface area (Å²) in [6.07, 6.45) is -2.19. The molecule has 0 saturated heterocycles. The lowest BCUT2D eigenvalue weighted by Gasteiger charge is -2.21. The zero-order valence-corrected chi connectivity index (χ0v) is 14.9. The number of hydrogen-bond donors (Lipinski definition) is 2. The maximum Gasteiger partial charge on any atom is 0.347 e. The summed E-state index contributed by atoms with van der Waals surface area (Å²) in [7, 11) is 0. The second-order valence-corrected chi connectivity index (χ2v) is 6.49. The van der Waals surface area contributed by atoms with Crippen molar-refractivity contribution < 1.29 is 28.2 Å². The topological polar surface area (TPSA) is 93.7 Å². The van der Waals surface area contributed by atoms with Gasteiger partial charge in [0.25, 0.3) is 5.91 Å². The van der Waals surface area contributed by atoms with Gasteiger partial charge < -0.3 is 14.8 Å². The number of amides is 3. The highest BCUT2D eigenvalue weighted by molar-refractivity contribution is 5.97. The zero-order chi connectivity index (χ0) is 19.2. The summed E-state index contributed by atoms with van der Waals surface area (Å²) in [5, 5.41) is 4.64. The molecule has 1 aromatic rings. The van der Waals surface area contributed by atoms with Crippen LogP contribution in [0.25, 0.3) is 0 Å². The number of halogens is 1. The van der Waals surface area contributed by atoms with Gasteiger partial charge in [0, 0.05) is 5.54 Å². The van der Waals surface area contributed by atoms with Crippen molar-refractivity contribution in [1.29, 1.82) is 0 Å². The van der Waals surface area contributed by atoms with Crippen LogP contribution in [0.2, 0.25) is 0 Å². The van der Waals surface area contributed by atoms with Crippen LogP contribution in [0.5, 0.6) is 5.75 Å². The number of hydrogen-bond acceptors (Lipinski definition) is 5. The molecule has 0 aliphatic rings. The van der Waals surface area contributed by atoms with Gasteiger partial charge >= 0.3 is 12.0 Å². The summed E-state index contributed by atoms with van der Waals surface area (Å²) < 4.78 is 23.1. The van der Waals surface area contributed by atoms with E-state index in [1.165, 1.54) is 38.1 Å². The fourth-order valence-corrected chi connectivity index (χ4v) is 1.67. The van der Waals surface area contributed by atoms with Crippen LogP contribution >= 0.6 is 0 Å². The molecule has 0 radical (unpaired) electrons. The number of ether oxygens (including phenoxy) is 2. The first-order valence-electron chi connectivity index (χ1n) is 7.73. The van der Waals surface area contributed by atoms with Crippen LogP contribution in [-0.2, 0) is 14.3 Å². The Bertz CT molecular complexity index is 625. The van der Waals surface area contributed by atoms with Crippen molar-refractivity contribution in [2.24, 2.45) is 0 Å². The fraction of sp³-hybridized carbons (Fsp3) is 0.471. The summed E-state index contributed by atoms with van der Waals surface area (Å²) in [5.74, 6) is -1.69. The molecular formula is C17H23FN2O5. The third-order valence-corrected chi connectivity index (χ3v) is 2.85. The molecule has 2 N–H and O–H groups in total. The molecule has 0 fully saturated rings. The Balaban J connectivity index is 2.50. The van der Waals surface area contributed by atoms with E-state index in [0.717, 1.165) is 0 Å². The van der Waals surface area contributed by atoms with E-state index in [9.17, 15) is 18.8 Å². The molecular weight excluding hydrogens is 331 g/mol. The minimum absolute atomic E-state index is 0.285. The van der Waals surface area contributed by atoms with Crippen molar-refractivity contribution in [2.75, 3.05) is 0 Å². The molecule has 138 valence electrons. The monoisotopic (exact) mass is 354 g/mol. The van der Waals surface area contributed by atoms with E-state index < -0.39 is 41.5 Å². The molecule has 3 amide bonds. The third-order valence-electron chi connectivity index (χ3n) is 2.85. The van der Waals surface area contributed by atoms with Crippen molar-refractivity contribution in [1.82, 2.24) is 10.6 Å². The summed E-state index contributed by atoms with van der Waals surface area (Å²) >= 11 is 0. The van der Waals surface area contributed by atoms with E-state index in [2.05, 4.69) is 10.6 Å². The van der Waals surface area contributed by atoms with Gasteiger partial charge in [0.05, 0.1) is 0 Å². The first-order valence-corrected chi connectivity index (χ1v) is 7.73. The van der Waals surface area contributed by atoms with Crippen molar-refractivity contribution in [3.63, 3.8) is 0 Å². The zero-order valence-electron chi connectivity index (χ0n) is 14.9. The van der Waals surface area contributed by atoms with Crippen LogP contribution in [-0.4, -0.2) is 35.7 Å². The number of esters is 1. The molecule has 2 atom stereocenters. The minimum Gasteiger partial charge on any atom is -0.479 e. The lowest BCUT2D eigenvalue weighted by Crippen LogP contribution is -2.51. The number of carbonyl (C=O) groups excluding carboxylic acids is 3. The Morgan fingerprint density at radius 1 is 1.04 bits per heavy atom. The third kappa shape index (κ3) is 7.65. The van der Waals surface area contributed by atoms with E-state index in [0.29, 0.717) is 0 Å². The van der Waals surface area contributed by atoms with Crippen molar-refractivity contribution >= 4 is 17.9 Å². The Morgan fingerprint density at radius 3 is 2.12 bits per heavy atom. The summed E-state index contributed by atoms with van der Waals surface area (Å²) in [6.45, 7) is 8.05. The van der Waals surface area contributed by atoms with Gasteiger partial charge in [-0.3, -0.25) is 10.1 Å². The summed E-state index contributed by atoms with van der Waals surface area (Å²) in [4.78, 5) is 35.4. The predicted octanol–water partition coefficient (Wildman–Crippen LogP) is 2.15. The summed E-state index contributed by atoms with van der Waals surface area (Å²) in [6, 6.07) is 4.43. The number of urea groups is 1. The van der Waals surface area contributed by atoms with Crippen LogP contribution in [0.3, 0.4) is 0 Å². The van der Waals surface area contributed by atoms with E-state index in [4.69, 9.17) is 9.47 Å². The SMILES string of the molecule is C[C@H](OC(=O)[C@@H](C)Oc1ccc(F)cc1)C(=O)NC(=O)NC(C)(C)C. The molecule has 0 aromatic heterocycles. The second-order valence-electron chi connectivity index (χ2n) is 6.49. The van der Waals surface area contributed by atoms with E-state index in [-0.39, 0.29) is 5.75 Å². The molecule has 0 aliphatic heterocycles. The van der Waals surface area contributed by atoms with Gasteiger partial charge in [-0.05, 0) is 58.9 Å². The average Bonchev–Trinajstić information content (AvgIpc) is 2.47. The van der Waals surface area contributed by atoms with Gasteiger partial charge in [0.15, 0.2) is 12.2 Å². The van der Waals surface area contributed by atoms with Crippen LogP contribution in [0.4, 0.5) is 9.18 Å². The van der Waals surface area contributed by atoms with E-state index in [1.54, 1.807) is 20.8 Å². The van der Waals surface area contributed by atoms with Crippen molar-refractivity contribution in [2.45, 2.75) is 52.4 Å². The molecule has 0 unspecified atom stereocenters. The Kier molecular flexibility index (Phi) is 6.90. The lowest BCUT2D eigenvalue weighted by atomic mass is 10.1. The second kappa shape index (κ2) is 8.46. The number of benzene rings is 1. The van der Waals surface area contributed by atoms with Crippen LogP contribution in [0.1, 0.15) is 34.6 Å². The maximum atomic E-state index is 12.8. The molecule has 1 aromatic carbocycles. The molecule has 0 bridgehead atoms. The Labute approximate surface area is 145 Å². The predicted molar refractivity (Wildman–Crippen MR) is 88.5 cm³/mol. The number of carbonyl (C=O) groups is 3. The Morgan fingerprint density at radius 2 is 1.60 bits per heavy atom. The quantitative estimate of drug-likeness (QED) is 0.790. The van der Waals surface area contributed by atoms with Crippen LogP contribution in [0, 0.1) is 5.82 Å². The van der Waals surface area contributed by atoms with Gasteiger partial charge in [0.1, 0.15) is 11.6 Å². The molecule has 25 heavy (non-hydrogen) atoms. The van der Waals surface area contributed by atoms with E-state index in [1.807, 2.05) is 0 Å². The highest BCUT2D eigenvalue weighted by Gasteiger charge is 2.25. The summed E-state index contributed by atoms with van der Waals surface area (Å²) in [5.41, 5.74) is -0.512. The Hall–Kier alpha value is -2.64. The molecule has 8 heteroatoms. The first kappa shape index (κ1) is 20.4. The van der Waals surface area contributed by atoms with Crippen LogP contribution < -0.4 is 15.4 Å². The fourth-order valence-electron chi connectivity index (χ4n) is 1.67. The van der Waals surface area contributed by atoms with Gasteiger partial charge in [0.2, 0.25) is 0 Å². The van der Waals surface area contributed by atoms with E-state index >= 15 is 0 Å². The largest absolute Gasteiger partial charge is 0.479 e. The van der Waals surface area contributed by atoms with Crippen molar-refractivity contribution in [3.8, 4) is 5.75 Å². The number of imide groups is 1. The smallest absolute Gasteiger partial charge is 0.347 e. The molecule has 7 nitrogen and oxygen atoms in total. The number of nitrogens with one attached hydrogen (secondary N) is 2. The maximum absolute atomic E-state index is 12.8. The highest BCUT2D eigenvalue weighted by atomic mass is 19.1. The average molecular weight is 354 g/mol. The number of rotatable bonds is 5. The molecule has 0 heterocycles. The molecule has 0 aliphatic carbocycles. The van der Waals surface area contributed by atoms with Gasteiger partial charge in [-0.1, -0.05) is 0 Å². The normalized spacial score (nSPS) is 13.4. The molecule has 0 spiro atoms. The highest BCUT2D eigenvalue weighted by Crippen LogP contribution is 2.13. The molecule has 0 saturated carbocycles. The lowest BCUT2D eigenvalue weighted by molar-refractivity contribution is -0.160. The van der Waals surface area contributed by atoms with Crippen molar-refractivity contribution in [3.05, 3.63) is 30.1 Å². The molecule has 1 rings (SSSR count). The van der Waals surface area contributed by atoms with Gasteiger partial charge in [-0.2, -0.15) is 0 Å².